The Bertz CT molecular complexity index is 661. The van der Waals surface area contributed by atoms with Gasteiger partial charge in [-0.25, -0.2) is 0 Å². The van der Waals surface area contributed by atoms with Gasteiger partial charge in [-0.2, -0.15) is 0 Å². The van der Waals surface area contributed by atoms with Crippen molar-refractivity contribution in [2.24, 2.45) is 0 Å². The van der Waals surface area contributed by atoms with E-state index in [9.17, 15) is 9.90 Å². The molecule has 1 amide bonds. The van der Waals surface area contributed by atoms with Crippen molar-refractivity contribution in [3.8, 4) is 11.5 Å². The summed E-state index contributed by atoms with van der Waals surface area (Å²) in [4.78, 5) is 12.1. The summed E-state index contributed by atoms with van der Waals surface area (Å²) < 4.78 is 5.79. The van der Waals surface area contributed by atoms with Crippen molar-refractivity contribution in [1.82, 2.24) is 0 Å². The van der Waals surface area contributed by atoms with Crippen LogP contribution in [0.1, 0.15) is 10.4 Å². The van der Waals surface area contributed by atoms with Crippen LogP contribution in [0.4, 0.5) is 5.69 Å². The van der Waals surface area contributed by atoms with Crippen LogP contribution in [0, 0.1) is 0 Å². The molecule has 2 rings (SSSR count). The van der Waals surface area contributed by atoms with Gasteiger partial charge in [0.15, 0.2) is 0 Å². The van der Waals surface area contributed by atoms with Crippen LogP contribution in [0.3, 0.4) is 0 Å². The molecule has 104 valence electrons. The number of carbonyl (C=O) groups is 1. The minimum atomic E-state index is -0.305. The van der Waals surface area contributed by atoms with Gasteiger partial charge in [-0.05, 0) is 46.3 Å². The molecule has 0 saturated heterocycles. The van der Waals surface area contributed by atoms with Crippen molar-refractivity contribution >= 4 is 39.1 Å². The lowest BCUT2D eigenvalue weighted by Gasteiger charge is -2.09. The van der Waals surface area contributed by atoms with E-state index in [4.69, 9.17) is 16.3 Å². The summed E-state index contributed by atoms with van der Waals surface area (Å²) in [6.07, 6.45) is 0. The first kappa shape index (κ1) is 14.7. The number of halogens is 2. The largest absolute Gasteiger partial charge is 0.508 e. The third-order valence-corrected chi connectivity index (χ3v) is 3.55. The average Bonchev–Trinajstić information content (AvgIpc) is 2.41. The van der Waals surface area contributed by atoms with E-state index >= 15 is 0 Å². The van der Waals surface area contributed by atoms with Gasteiger partial charge in [-0.1, -0.05) is 11.6 Å². The molecule has 0 fully saturated rings. The molecule has 0 bridgehead atoms. The Morgan fingerprint density at radius 3 is 2.65 bits per heavy atom. The number of nitrogens with one attached hydrogen (secondary N) is 1. The van der Waals surface area contributed by atoms with Crippen LogP contribution in [0.15, 0.2) is 40.9 Å². The molecule has 0 atom stereocenters. The quantitative estimate of drug-likeness (QED) is 0.815. The number of ether oxygens (including phenoxy) is 1. The lowest BCUT2D eigenvalue weighted by Crippen LogP contribution is -2.12. The van der Waals surface area contributed by atoms with E-state index in [1.165, 1.54) is 18.2 Å². The Morgan fingerprint density at radius 2 is 2.05 bits per heavy atom. The molecule has 2 aromatic carbocycles. The second kappa shape index (κ2) is 6.15. The number of hydrogen-bond donors (Lipinski definition) is 2. The van der Waals surface area contributed by atoms with Crippen molar-refractivity contribution in [1.29, 1.82) is 0 Å². The van der Waals surface area contributed by atoms with Gasteiger partial charge in [0.05, 0.1) is 22.3 Å². The van der Waals surface area contributed by atoms with E-state index in [1.807, 2.05) is 0 Å². The zero-order valence-corrected chi connectivity index (χ0v) is 12.8. The van der Waals surface area contributed by atoms with Crippen LogP contribution in [-0.4, -0.2) is 18.1 Å². The monoisotopic (exact) mass is 355 g/mol. The molecule has 20 heavy (non-hydrogen) atoms. The fourth-order valence-electron chi connectivity index (χ4n) is 1.61. The van der Waals surface area contributed by atoms with Gasteiger partial charge in [-0.3, -0.25) is 4.79 Å². The molecule has 0 saturated carbocycles. The Kier molecular flexibility index (Phi) is 4.52. The van der Waals surface area contributed by atoms with Crippen LogP contribution >= 0.6 is 27.5 Å². The first-order chi connectivity index (χ1) is 9.51. The first-order valence-electron chi connectivity index (χ1n) is 5.64. The number of aromatic hydroxyl groups is 1. The zero-order valence-electron chi connectivity index (χ0n) is 10.5. The highest BCUT2D eigenvalue weighted by Gasteiger charge is 2.11. The highest BCUT2D eigenvalue weighted by atomic mass is 79.9. The third kappa shape index (κ3) is 3.23. The lowest BCUT2D eigenvalue weighted by molar-refractivity contribution is 0.102. The summed E-state index contributed by atoms with van der Waals surface area (Å²) in [6, 6.07) is 9.34. The molecular weight excluding hydrogens is 346 g/mol. The van der Waals surface area contributed by atoms with Crippen LogP contribution in [-0.2, 0) is 0 Å². The molecular formula is C14H11BrClNO3. The molecule has 2 aromatic rings. The highest BCUT2D eigenvalue weighted by Crippen LogP contribution is 2.28. The second-order valence-electron chi connectivity index (χ2n) is 3.97. The molecule has 4 nitrogen and oxygen atoms in total. The van der Waals surface area contributed by atoms with Gasteiger partial charge in [0, 0.05) is 11.6 Å². The summed E-state index contributed by atoms with van der Waals surface area (Å²) in [5.74, 6) is 0.380. The minimum Gasteiger partial charge on any atom is -0.508 e. The molecule has 6 heteroatoms. The summed E-state index contributed by atoms with van der Waals surface area (Å²) >= 11 is 9.26. The molecule has 0 aliphatic heterocycles. The van der Waals surface area contributed by atoms with Crippen LogP contribution in [0.25, 0.3) is 0 Å². The van der Waals surface area contributed by atoms with Crippen molar-refractivity contribution < 1.29 is 14.6 Å². The topological polar surface area (TPSA) is 58.6 Å². The number of hydrogen-bond acceptors (Lipinski definition) is 3. The number of rotatable bonds is 3. The molecule has 0 spiro atoms. The summed E-state index contributed by atoms with van der Waals surface area (Å²) in [5, 5.41) is 12.2. The van der Waals surface area contributed by atoms with Crippen LogP contribution < -0.4 is 10.1 Å². The van der Waals surface area contributed by atoms with Gasteiger partial charge >= 0.3 is 0 Å². The maximum absolute atomic E-state index is 12.1. The molecule has 0 aliphatic rings. The van der Waals surface area contributed by atoms with Crippen molar-refractivity contribution in [2.45, 2.75) is 0 Å². The number of benzene rings is 2. The Labute approximate surface area is 129 Å². The SMILES string of the molecule is COc1ccc(C(=O)Nc2ccc(O)cc2Cl)cc1Br. The number of phenols is 1. The maximum atomic E-state index is 12.1. The number of carbonyl (C=O) groups excluding carboxylic acids is 1. The fraction of sp³-hybridized carbons (Fsp3) is 0.0714. The first-order valence-corrected chi connectivity index (χ1v) is 6.82. The van der Waals surface area contributed by atoms with Crippen LogP contribution in [0.2, 0.25) is 5.02 Å². The Morgan fingerprint density at radius 1 is 1.30 bits per heavy atom. The van der Waals surface area contributed by atoms with E-state index in [0.717, 1.165) is 0 Å². The number of amides is 1. The normalized spacial score (nSPS) is 10.2. The molecule has 0 radical (unpaired) electrons. The van der Waals surface area contributed by atoms with E-state index in [1.54, 1.807) is 25.3 Å². The maximum Gasteiger partial charge on any atom is 0.255 e. The number of methoxy groups -OCH3 is 1. The minimum absolute atomic E-state index is 0.0418. The van der Waals surface area contributed by atoms with Gasteiger partial charge < -0.3 is 15.2 Å². The van der Waals surface area contributed by atoms with E-state index in [0.29, 0.717) is 21.5 Å². The molecule has 0 unspecified atom stereocenters. The predicted octanol–water partition coefficient (Wildman–Crippen LogP) is 4.07. The van der Waals surface area contributed by atoms with E-state index < -0.39 is 0 Å². The number of anilines is 1. The highest BCUT2D eigenvalue weighted by molar-refractivity contribution is 9.10. The van der Waals surface area contributed by atoms with Gasteiger partial charge in [0.1, 0.15) is 11.5 Å². The zero-order chi connectivity index (χ0) is 14.7. The molecule has 2 N–H and O–H groups in total. The van der Waals surface area contributed by atoms with Crippen LogP contribution in [0.5, 0.6) is 11.5 Å². The van der Waals surface area contributed by atoms with E-state index in [2.05, 4.69) is 21.2 Å². The number of phenolic OH excluding ortho intramolecular Hbond substituents is 1. The lowest BCUT2D eigenvalue weighted by atomic mass is 10.2. The van der Waals surface area contributed by atoms with Gasteiger partial charge in [-0.15, -0.1) is 0 Å². The smallest absolute Gasteiger partial charge is 0.255 e. The average molecular weight is 357 g/mol. The summed E-state index contributed by atoms with van der Waals surface area (Å²) in [6.45, 7) is 0. The van der Waals surface area contributed by atoms with Gasteiger partial charge in [0.25, 0.3) is 5.91 Å². The Hall–Kier alpha value is -1.72. The van der Waals surface area contributed by atoms with Crippen molar-refractivity contribution in [3.63, 3.8) is 0 Å². The third-order valence-electron chi connectivity index (χ3n) is 2.61. The molecule has 0 heterocycles. The molecule has 0 aromatic heterocycles. The van der Waals surface area contributed by atoms with Crippen molar-refractivity contribution in [2.75, 3.05) is 12.4 Å². The molecule has 0 aliphatic carbocycles. The summed E-state index contributed by atoms with van der Waals surface area (Å²) in [7, 11) is 1.55. The van der Waals surface area contributed by atoms with E-state index in [-0.39, 0.29) is 16.7 Å². The van der Waals surface area contributed by atoms with Crippen molar-refractivity contribution in [3.05, 3.63) is 51.5 Å². The summed E-state index contributed by atoms with van der Waals surface area (Å²) in [5.41, 5.74) is 0.892. The fourth-order valence-corrected chi connectivity index (χ4v) is 2.37. The second-order valence-corrected chi connectivity index (χ2v) is 5.23. The Balaban J connectivity index is 2.21. The van der Waals surface area contributed by atoms with Gasteiger partial charge in [0.2, 0.25) is 0 Å². The standard InChI is InChI=1S/C14H11BrClNO3/c1-20-13-5-2-8(6-10(13)15)14(19)17-12-4-3-9(18)7-11(12)16/h2-7,18H,1H3,(H,17,19). The predicted molar refractivity (Wildman–Crippen MR) is 81.8 cm³/mol.